The molecular weight excluding hydrogens is 528 g/mol. The molecule has 1 fully saturated rings. The number of ether oxygens (including phenoxy) is 4. The van der Waals surface area contributed by atoms with E-state index in [1.54, 1.807) is 30.3 Å². The predicted octanol–water partition coefficient (Wildman–Crippen LogP) is 2.58. The van der Waals surface area contributed by atoms with E-state index < -0.39 is 6.10 Å². The smallest absolute Gasteiger partial charge is 0.251 e. The van der Waals surface area contributed by atoms with Gasteiger partial charge >= 0.3 is 0 Å². The largest absolute Gasteiger partial charge is 0.493 e. The molecule has 4 rings (SSSR count). The van der Waals surface area contributed by atoms with Crippen molar-refractivity contribution in [1.29, 1.82) is 0 Å². The van der Waals surface area contributed by atoms with E-state index in [1.807, 2.05) is 30.3 Å². The molecule has 2 heterocycles. The van der Waals surface area contributed by atoms with E-state index in [-0.39, 0.29) is 12.0 Å². The average molecular weight is 567 g/mol. The molecule has 1 aromatic heterocycles. The van der Waals surface area contributed by atoms with Crippen molar-refractivity contribution in [1.82, 2.24) is 14.9 Å². The summed E-state index contributed by atoms with van der Waals surface area (Å²) >= 11 is 0. The summed E-state index contributed by atoms with van der Waals surface area (Å²) in [6.07, 6.45) is 1.95. The predicted molar refractivity (Wildman–Crippen MR) is 155 cm³/mol. The number of nitrogens with one attached hydrogen (secondary N) is 1. The number of amides is 1. The van der Waals surface area contributed by atoms with Gasteiger partial charge in [0.05, 0.1) is 31.7 Å². The molecule has 6 N–H and O–H groups in total. The lowest BCUT2D eigenvalue weighted by Crippen LogP contribution is -2.45. The zero-order valence-electron chi connectivity index (χ0n) is 23.4. The molecule has 1 amide bonds. The molecule has 0 bridgehead atoms. The quantitative estimate of drug-likeness (QED) is 0.177. The van der Waals surface area contributed by atoms with Crippen molar-refractivity contribution in [3.63, 3.8) is 0 Å². The van der Waals surface area contributed by atoms with Crippen LogP contribution in [0.2, 0.25) is 0 Å². The van der Waals surface area contributed by atoms with Crippen LogP contribution in [0.5, 0.6) is 17.2 Å². The molecule has 1 aliphatic rings. The minimum atomic E-state index is -0.992. The van der Waals surface area contributed by atoms with E-state index >= 15 is 0 Å². The van der Waals surface area contributed by atoms with E-state index in [0.717, 1.165) is 11.3 Å². The maximum atomic E-state index is 12.0. The van der Waals surface area contributed by atoms with Crippen LogP contribution in [0.15, 0.2) is 48.7 Å². The Morgan fingerprint density at radius 3 is 2.59 bits per heavy atom. The summed E-state index contributed by atoms with van der Waals surface area (Å²) in [6, 6.07) is 12.8. The van der Waals surface area contributed by atoms with Gasteiger partial charge in [-0.15, -0.1) is 0 Å². The summed E-state index contributed by atoms with van der Waals surface area (Å²) in [5, 5.41) is 12.7. The summed E-state index contributed by atoms with van der Waals surface area (Å²) in [5.41, 5.74) is 14.5. The Morgan fingerprint density at radius 1 is 1.10 bits per heavy atom. The van der Waals surface area contributed by atoms with Gasteiger partial charge in [0.2, 0.25) is 5.95 Å². The second-order valence-electron chi connectivity index (χ2n) is 9.58. The number of carbonyl (C=O) groups is 1. The lowest BCUT2D eigenvalue weighted by Gasteiger charge is -2.33. The molecule has 12 heteroatoms. The molecule has 0 spiro atoms. The van der Waals surface area contributed by atoms with Crippen LogP contribution < -0.4 is 31.0 Å². The van der Waals surface area contributed by atoms with Crippen molar-refractivity contribution < 1.29 is 28.8 Å². The Labute approximate surface area is 239 Å². The molecule has 3 aromatic rings. The highest BCUT2D eigenvalue weighted by Crippen LogP contribution is 2.32. The molecule has 1 aliphatic heterocycles. The van der Waals surface area contributed by atoms with Gasteiger partial charge in [0.25, 0.3) is 5.91 Å². The Hall–Kier alpha value is -4.13. The van der Waals surface area contributed by atoms with E-state index in [9.17, 15) is 9.90 Å². The molecule has 0 aliphatic carbocycles. The zero-order valence-corrected chi connectivity index (χ0v) is 23.4. The van der Waals surface area contributed by atoms with Gasteiger partial charge in [-0.05, 0) is 43.3 Å². The summed E-state index contributed by atoms with van der Waals surface area (Å²) in [5.74, 6) is 1.90. The summed E-state index contributed by atoms with van der Waals surface area (Å²) < 4.78 is 22.7. The standard InChI is InChI=1S/C29H38N6O6/c1-19(36)28(37)35-12-8-22(9-13-35)41-25-5-3-20(17-23(25)31)24-7-11-32-29(34-24)33-21-4-6-26(27(18-21)38-2)40-16-15-39-14-10-30/h3-7,11,17-19,22,36H,8-10,12-16,30-31H2,1-2H3,(H,32,33,34)/t19-/m0/s1. The first-order chi connectivity index (χ1) is 19.9. The lowest BCUT2D eigenvalue weighted by molar-refractivity contribution is -0.141. The Balaban J connectivity index is 1.37. The molecule has 41 heavy (non-hydrogen) atoms. The molecule has 1 saturated heterocycles. The third-order valence-electron chi connectivity index (χ3n) is 6.53. The van der Waals surface area contributed by atoms with E-state index in [2.05, 4.69) is 15.3 Å². The minimum Gasteiger partial charge on any atom is -0.493 e. The minimum absolute atomic E-state index is 0.0608. The highest BCUT2D eigenvalue weighted by molar-refractivity contribution is 5.80. The topological polar surface area (TPSA) is 167 Å². The fourth-order valence-electron chi connectivity index (χ4n) is 4.42. The number of aliphatic hydroxyl groups is 1. The Morgan fingerprint density at radius 2 is 1.88 bits per heavy atom. The highest BCUT2D eigenvalue weighted by atomic mass is 16.5. The fraction of sp³-hybridized carbons (Fsp3) is 0.414. The van der Waals surface area contributed by atoms with Gasteiger partial charge in [-0.1, -0.05) is 0 Å². The van der Waals surface area contributed by atoms with Crippen molar-refractivity contribution in [2.24, 2.45) is 5.73 Å². The van der Waals surface area contributed by atoms with Gasteiger partial charge in [0, 0.05) is 56.0 Å². The second-order valence-corrected chi connectivity index (χ2v) is 9.58. The summed E-state index contributed by atoms with van der Waals surface area (Å²) in [6.45, 7) is 4.33. The van der Waals surface area contributed by atoms with Crippen LogP contribution in [0, 0.1) is 0 Å². The van der Waals surface area contributed by atoms with Crippen LogP contribution in [-0.4, -0.2) is 84.7 Å². The fourth-order valence-corrected chi connectivity index (χ4v) is 4.42. The Kier molecular flexibility index (Phi) is 10.5. The second kappa shape index (κ2) is 14.5. The van der Waals surface area contributed by atoms with Crippen molar-refractivity contribution in [2.75, 3.05) is 57.6 Å². The van der Waals surface area contributed by atoms with Crippen LogP contribution in [0.25, 0.3) is 11.3 Å². The van der Waals surface area contributed by atoms with Crippen LogP contribution in [0.1, 0.15) is 19.8 Å². The highest BCUT2D eigenvalue weighted by Gasteiger charge is 2.26. The van der Waals surface area contributed by atoms with Crippen molar-refractivity contribution >= 4 is 23.2 Å². The maximum Gasteiger partial charge on any atom is 0.251 e. The number of nitrogens with zero attached hydrogens (tertiary/aromatic N) is 3. The number of rotatable bonds is 13. The van der Waals surface area contributed by atoms with Gasteiger partial charge in [-0.25, -0.2) is 9.97 Å². The first kappa shape index (κ1) is 29.8. The monoisotopic (exact) mass is 566 g/mol. The van der Waals surface area contributed by atoms with E-state index in [1.165, 1.54) is 6.92 Å². The maximum absolute atomic E-state index is 12.0. The number of methoxy groups -OCH3 is 1. The number of likely N-dealkylation sites (tertiary alicyclic amines) is 1. The van der Waals surface area contributed by atoms with E-state index in [0.29, 0.717) is 86.9 Å². The number of carbonyl (C=O) groups excluding carboxylic acids is 1. The first-order valence-corrected chi connectivity index (χ1v) is 13.6. The van der Waals surface area contributed by atoms with Crippen molar-refractivity contribution in [3.05, 3.63) is 48.7 Å². The number of aromatic nitrogens is 2. The Bertz CT molecular complexity index is 1300. The van der Waals surface area contributed by atoms with Gasteiger partial charge < -0.3 is 45.7 Å². The average Bonchev–Trinajstić information content (AvgIpc) is 2.98. The number of nitrogen functional groups attached to an aromatic ring is 1. The van der Waals surface area contributed by atoms with Crippen LogP contribution in [0.3, 0.4) is 0 Å². The molecule has 2 aromatic carbocycles. The van der Waals surface area contributed by atoms with Gasteiger partial charge in [-0.3, -0.25) is 4.79 Å². The summed E-state index contributed by atoms with van der Waals surface area (Å²) in [4.78, 5) is 22.7. The van der Waals surface area contributed by atoms with Gasteiger partial charge in [-0.2, -0.15) is 0 Å². The lowest BCUT2D eigenvalue weighted by atomic mass is 10.1. The van der Waals surface area contributed by atoms with Crippen molar-refractivity contribution in [3.8, 4) is 28.5 Å². The SMILES string of the molecule is COc1cc(Nc2nccc(-c3ccc(OC4CCN(C(=O)[C@H](C)O)CC4)c(N)c3)n2)ccc1OCCOCCN. The van der Waals surface area contributed by atoms with Crippen LogP contribution in [-0.2, 0) is 9.53 Å². The van der Waals surface area contributed by atoms with Gasteiger partial charge in [0.1, 0.15) is 24.6 Å². The van der Waals surface area contributed by atoms with Crippen LogP contribution in [0.4, 0.5) is 17.3 Å². The number of hydrogen-bond donors (Lipinski definition) is 4. The normalized spacial score (nSPS) is 14.4. The number of piperidine rings is 1. The molecular formula is C29H38N6O6. The van der Waals surface area contributed by atoms with E-state index in [4.69, 9.17) is 30.4 Å². The number of benzene rings is 2. The molecule has 0 saturated carbocycles. The van der Waals surface area contributed by atoms with Crippen LogP contribution >= 0.6 is 0 Å². The third kappa shape index (κ3) is 8.19. The number of hydrogen-bond acceptors (Lipinski definition) is 11. The van der Waals surface area contributed by atoms with Crippen molar-refractivity contribution in [2.45, 2.75) is 32.0 Å². The first-order valence-electron chi connectivity index (χ1n) is 13.6. The third-order valence-corrected chi connectivity index (χ3v) is 6.53. The number of nitrogens with two attached hydrogens (primary N) is 2. The zero-order chi connectivity index (χ0) is 29.2. The molecule has 0 radical (unpaired) electrons. The molecule has 1 atom stereocenters. The number of aliphatic hydroxyl groups excluding tert-OH is 1. The summed E-state index contributed by atoms with van der Waals surface area (Å²) in [7, 11) is 1.58. The molecule has 12 nitrogen and oxygen atoms in total. The number of anilines is 3. The molecule has 0 unspecified atom stereocenters. The van der Waals surface area contributed by atoms with Gasteiger partial charge in [0.15, 0.2) is 11.5 Å². The molecule has 220 valence electrons.